The molecule has 0 unspecified atom stereocenters. The Balaban J connectivity index is 2.37. The third-order valence-electron chi connectivity index (χ3n) is 1.87. The molecule has 6 heteroatoms. The second kappa shape index (κ2) is 6.90. The smallest absolute Gasteiger partial charge is 0.413 e. The first kappa shape index (κ1) is 14.4. The Kier molecular flexibility index (Phi) is 5.51. The fourth-order valence-electron chi connectivity index (χ4n) is 1.07. The van der Waals surface area contributed by atoms with Gasteiger partial charge in [-0.25, -0.2) is 9.18 Å². The van der Waals surface area contributed by atoms with Gasteiger partial charge in [-0.1, -0.05) is 13.8 Å². The molecule has 1 rings (SSSR count). The summed E-state index contributed by atoms with van der Waals surface area (Å²) >= 11 is 4.91. The van der Waals surface area contributed by atoms with Gasteiger partial charge >= 0.3 is 6.09 Å². The van der Waals surface area contributed by atoms with Crippen molar-refractivity contribution >= 4 is 29.1 Å². The van der Waals surface area contributed by atoms with Crippen LogP contribution >= 0.6 is 12.2 Å². The van der Waals surface area contributed by atoms with Crippen molar-refractivity contribution < 1.29 is 13.9 Å². The highest BCUT2D eigenvalue weighted by Crippen LogP contribution is 2.07. The van der Waals surface area contributed by atoms with Crippen molar-refractivity contribution in [3.05, 3.63) is 30.1 Å². The van der Waals surface area contributed by atoms with E-state index in [9.17, 15) is 9.18 Å². The van der Waals surface area contributed by atoms with Gasteiger partial charge < -0.3 is 10.1 Å². The highest BCUT2D eigenvalue weighted by Gasteiger charge is 2.06. The molecule has 0 atom stereocenters. The maximum Gasteiger partial charge on any atom is 0.413 e. The summed E-state index contributed by atoms with van der Waals surface area (Å²) in [5, 5.41) is 5.21. The second-order valence-corrected chi connectivity index (χ2v) is 4.49. The first-order valence-corrected chi connectivity index (χ1v) is 5.88. The van der Waals surface area contributed by atoms with Crippen LogP contribution in [0.3, 0.4) is 0 Å². The van der Waals surface area contributed by atoms with Crippen molar-refractivity contribution in [2.24, 2.45) is 5.92 Å². The number of amides is 1. The third-order valence-corrected chi connectivity index (χ3v) is 2.07. The minimum Gasteiger partial charge on any atom is -0.449 e. The van der Waals surface area contributed by atoms with Crippen LogP contribution in [-0.2, 0) is 4.74 Å². The number of hydrogen-bond donors (Lipinski definition) is 2. The van der Waals surface area contributed by atoms with Gasteiger partial charge in [-0.2, -0.15) is 0 Å². The third kappa shape index (κ3) is 5.58. The fraction of sp³-hybridized carbons (Fsp3) is 0.333. The summed E-state index contributed by atoms with van der Waals surface area (Å²) in [5.41, 5.74) is 0.588. The monoisotopic (exact) mass is 270 g/mol. The van der Waals surface area contributed by atoms with E-state index < -0.39 is 6.09 Å². The molecule has 0 aliphatic rings. The van der Waals surface area contributed by atoms with E-state index >= 15 is 0 Å². The average molecular weight is 270 g/mol. The molecule has 0 radical (unpaired) electrons. The lowest BCUT2D eigenvalue weighted by molar-refractivity contribution is 0.138. The minimum atomic E-state index is -0.608. The van der Waals surface area contributed by atoms with Crippen LogP contribution in [-0.4, -0.2) is 17.8 Å². The molecule has 4 nitrogen and oxygen atoms in total. The van der Waals surface area contributed by atoms with Gasteiger partial charge in [-0.05, 0) is 42.4 Å². The van der Waals surface area contributed by atoms with Crippen LogP contribution in [0, 0.1) is 11.7 Å². The van der Waals surface area contributed by atoms with E-state index in [1.54, 1.807) is 0 Å². The predicted molar refractivity (Wildman–Crippen MR) is 71.9 cm³/mol. The molecule has 0 spiro atoms. The first-order chi connectivity index (χ1) is 8.47. The zero-order valence-electron chi connectivity index (χ0n) is 10.2. The van der Waals surface area contributed by atoms with Gasteiger partial charge in [0.15, 0.2) is 5.11 Å². The van der Waals surface area contributed by atoms with Crippen molar-refractivity contribution in [3.63, 3.8) is 0 Å². The zero-order valence-corrected chi connectivity index (χ0v) is 11.0. The van der Waals surface area contributed by atoms with Crippen LogP contribution in [0.5, 0.6) is 0 Å². The van der Waals surface area contributed by atoms with E-state index in [4.69, 9.17) is 17.0 Å². The Hall–Kier alpha value is -1.69. The van der Waals surface area contributed by atoms with Gasteiger partial charge in [0.05, 0.1) is 6.61 Å². The number of benzene rings is 1. The van der Waals surface area contributed by atoms with E-state index in [1.807, 2.05) is 13.8 Å². The molecule has 1 amide bonds. The van der Waals surface area contributed by atoms with Crippen molar-refractivity contribution in [2.75, 3.05) is 11.9 Å². The van der Waals surface area contributed by atoms with E-state index in [0.717, 1.165) is 0 Å². The summed E-state index contributed by atoms with van der Waals surface area (Å²) in [6, 6.07) is 5.62. The van der Waals surface area contributed by atoms with E-state index in [2.05, 4.69) is 10.6 Å². The zero-order chi connectivity index (χ0) is 13.5. The first-order valence-electron chi connectivity index (χ1n) is 5.47. The maximum atomic E-state index is 12.7. The van der Waals surface area contributed by atoms with Crippen molar-refractivity contribution in [2.45, 2.75) is 13.8 Å². The van der Waals surface area contributed by atoms with Gasteiger partial charge in [-0.3, -0.25) is 5.32 Å². The molecular formula is C12H15FN2O2S. The number of carbonyl (C=O) groups is 1. The van der Waals surface area contributed by atoms with Gasteiger partial charge in [0.2, 0.25) is 0 Å². The molecular weight excluding hydrogens is 255 g/mol. The number of halogens is 1. The molecule has 0 saturated heterocycles. The number of hydrogen-bond acceptors (Lipinski definition) is 3. The number of nitrogens with one attached hydrogen (secondary N) is 2. The molecule has 0 aliphatic carbocycles. The van der Waals surface area contributed by atoms with Gasteiger partial charge in [0, 0.05) is 5.69 Å². The summed E-state index contributed by atoms with van der Waals surface area (Å²) in [6.45, 7) is 4.19. The van der Waals surface area contributed by atoms with Crippen LogP contribution < -0.4 is 10.6 Å². The number of anilines is 1. The summed E-state index contributed by atoms with van der Waals surface area (Å²) in [4.78, 5) is 11.3. The molecule has 0 heterocycles. The Bertz CT molecular complexity index is 421. The lowest BCUT2D eigenvalue weighted by atomic mass is 10.2. The summed E-state index contributed by atoms with van der Waals surface area (Å²) in [5.74, 6) is -0.0786. The highest BCUT2D eigenvalue weighted by molar-refractivity contribution is 7.80. The number of carbonyl (C=O) groups excluding carboxylic acids is 1. The lowest BCUT2D eigenvalue weighted by Gasteiger charge is -2.11. The summed E-state index contributed by atoms with van der Waals surface area (Å²) in [7, 11) is 0. The van der Waals surface area contributed by atoms with Gasteiger partial charge in [0.1, 0.15) is 5.82 Å². The van der Waals surface area contributed by atoms with Crippen molar-refractivity contribution in [1.29, 1.82) is 0 Å². The summed E-state index contributed by atoms with van der Waals surface area (Å²) < 4.78 is 17.6. The van der Waals surface area contributed by atoms with Crippen LogP contribution in [0.1, 0.15) is 13.8 Å². The lowest BCUT2D eigenvalue weighted by Crippen LogP contribution is -2.35. The van der Waals surface area contributed by atoms with Gasteiger partial charge in [0.25, 0.3) is 0 Å². The van der Waals surface area contributed by atoms with Gasteiger partial charge in [-0.15, -0.1) is 0 Å². The van der Waals surface area contributed by atoms with Crippen LogP contribution in [0.4, 0.5) is 14.9 Å². The molecule has 0 bridgehead atoms. The quantitative estimate of drug-likeness (QED) is 0.829. The average Bonchev–Trinajstić information content (AvgIpc) is 2.29. The van der Waals surface area contributed by atoms with Crippen LogP contribution in [0.25, 0.3) is 0 Å². The van der Waals surface area contributed by atoms with Crippen molar-refractivity contribution in [1.82, 2.24) is 5.32 Å². The molecule has 98 valence electrons. The minimum absolute atomic E-state index is 0.107. The fourth-order valence-corrected chi connectivity index (χ4v) is 1.27. The van der Waals surface area contributed by atoms with Crippen molar-refractivity contribution in [3.8, 4) is 0 Å². The molecule has 2 N–H and O–H groups in total. The molecule has 18 heavy (non-hydrogen) atoms. The predicted octanol–water partition coefficient (Wildman–Crippen LogP) is 2.90. The second-order valence-electron chi connectivity index (χ2n) is 4.08. The molecule has 1 aromatic rings. The normalized spacial score (nSPS) is 10.0. The topological polar surface area (TPSA) is 50.4 Å². The molecule has 1 aromatic carbocycles. The largest absolute Gasteiger partial charge is 0.449 e. The highest BCUT2D eigenvalue weighted by atomic mass is 32.1. The van der Waals surface area contributed by atoms with E-state index in [0.29, 0.717) is 12.3 Å². The standard InChI is InChI=1S/C12H15FN2O2S/c1-8(2)7-17-12(16)15-11(18)14-10-5-3-9(13)4-6-10/h3-6,8H,7H2,1-2H3,(H2,14,15,16,18). The molecule has 0 aliphatic heterocycles. The Morgan fingerprint density at radius 3 is 2.56 bits per heavy atom. The summed E-state index contributed by atoms with van der Waals surface area (Å²) in [6.07, 6.45) is -0.608. The SMILES string of the molecule is CC(C)COC(=O)NC(=S)Nc1ccc(F)cc1. The number of rotatable bonds is 3. The molecule has 0 fully saturated rings. The Morgan fingerprint density at radius 1 is 1.39 bits per heavy atom. The number of alkyl carbamates (subject to hydrolysis) is 1. The number of thiocarbonyl (C=S) groups is 1. The number of ether oxygens (including phenoxy) is 1. The molecule has 0 saturated carbocycles. The van der Waals surface area contributed by atoms with E-state index in [-0.39, 0.29) is 16.8 Å². The maximum absolute atomic E-state index is 12.7. The Labute approximate surface area is 111 Å². The van der Waals surface area contributed by atoms with E-state index in [1.165, 1.54) is 24.3 Å². The molecule has 0 aromatic heterocycles. The Morgan fingerprint density at radius 2 is 2.00 bits per heavy atom. The van der Waals surface area contributed by atoms with Crippen LogP contribution in [0.2, 0.25) is 0 Å². The van der Waals surface area contributed by atoms with Crippen LogP contribution in [0.15, 0.2) is 24.3 Å².